The van der Waals surface area contributed by atoms with Crippen LogP contribution in [0.5, 0.6) is 0 Å². The van der Waals surface area contributed by atoms with E-state index in [4.69, 9.17) is 19.8 Å². The largest absolute Gasteiger partial charge is 0.490 e. The molecule has 15 heteroatoms. The van der Waals surface area contributed by atoms with Gasteiger partial charge < -0.3 is 20.1 Å². The van der Waals surface area contributed by atoms with Crippen molar-refractivity contribution >= 4 is 17.8 Å². The van der Waals surface area contributed by atoms with E-state index in [9.17, 15) is 31.1 Å². The molecule has 0 radical (unpaired) electrons. The van der Waals surface area contributed by atoms with Gasteiger partial charge in [-0.05, 0) is 61.9 Å². The molecule has 1 unspecified atom stereocenters. The number of nitrogens with zero attached hydrogens (tertiary/aromatic N) is 3. The standard InChI is InChI=1S/C20H26N4O.2C2HF3O2/c1-23-10-5-17(15-23)19(25)22-18-4-6-20(18)7-11-24(12-8-20)14-16-3-2-9-21-13-16;2*3-2(4,5)1(6)7/h2-3,5,9-10,13,15,18H,4,6-8,11-12,14H2,1H3,(H,22,25);2*(H,6,7). The summed E-state index contributed by atoms with van der Waals surface area (Å²) < 4.78 is 65.4. The van der Waals surface area contributed by atoms with Gasteiger partial charge in [-0.1, -0.05) is 6.07 Å². The predicted molar refractivity (Wildman–Crippen MR) is 124 cm³/mol. The van der Waals surface area contributed by atoms with Crippen LogP contribution >= 0.6 is 0 Å². The second-order valence-electron chi connectivity index (χ2n) is 9.24. The number of hydrogen-bond acceptors (Lipinski definition) is 5. The summed E-state index contributed by atoms with van der Waals surface area (Å²) >= 11 is 0. The number of pyridine rings is 1. The number of carboxylic acid groups (broad SMARTS) is 2. The fourth-order valence-electron chi connectivity index (χ4n) is 4.31. The zero-order valence-corrected chi connectivity index (χ0v) is 20.8. The highest BCUT2D eigenvalue weighted by atomic mass is 19.4. The minimum absolute atomic E-state index is 0.0717. The van der Waals surface area contributed by atoms with Gasteiger partial charge in [0.05, 0.1) is 5.56 Å². The molecule has 4 rings (SSSR count). The number of halogens is 6. The number of aryl methyl sites for hydroxylation is 1. The number of aliphatic carboxylic acids is 2. The molecule has 3 heterocycles. The Balaban J connectivity index is 0.000000317. The van der Waals surface area contributed by atoms with Crippen LogP contribution in [0.2, 0.25) is 0 Å². The van der Waals surface area contributed by atoms with Crippen LogP contribution in [0.1, 0.15) is 41.6 Å². The van der Waals surface area contributed by atoms with Gasteiger partial charge in [0.25, 0.3) is 5.91 Å². The van der Waals surface area contributed by atoms with E-state index in [1.54, 1.807) is 0 Å². The van der Waals surface area contributed by atoms with Crippen molar-refractivity contribution in [2.45, 2.75) is 50.6 Å². The average Bonchev–Trinajstić information content (AvgIpc) is 3.29. The van der Waals surface area contributed by atoms with Crippen molar-refractivity contribution in [3.05, 3.63) is 54.1 Å². The van der Waals surface area contributed by atoms with Gasteiger partial charge in [-0.3, -0.25) is 14.7 Å². The zero-order valence-electron chi connectivity index (χ0n) is 20.8. The number of nitrogens with one attached hydrogen (secondary N) is 1. The Morgan fingerprint density at radius 3 is 1.97 bits per heavy atom. The first kappa shape index (κ1) is 31.6. The number of likely N-dealkylation sites (tertiary alicyclic amines) is 1. The average molecular weight is 566 g/mol. The molecular weight excluding hydrogens is 538 g/mol. The van der Waals surface area contributed by atoms with Gasteiger partial charge >= 0.3 is 24.3 Å². The Morgan fingerprint density at radius 1 is 1.03 bits per heavy atom. The third-order valence-corrected chi connectivity index (χ3v) is 6.54. The van der Waals surface area contributed by atoms with Crippen molar-refractivity contribution in [1.29, 1.82) is 0 Å². The summed E-state index contributed by atoms with van der Waals surface area (Å²) in [6.45, 7) is 3.18. The third kappa shape index (κ3) is 9.57. The van der Waals surface area contributed by atoms with Crippen LogP contribution in [0.3, 0.4) is 0 Å². The van der Waals surface area contributed by atoms with E-state index in [1.165, 1.54) is 24.8 Å². The molecule has 0 aromatic carbocycles. The number of amides is 1. The Labute approximate surface area is 219 Å². The van der Waals surface area contributed by atoms with E-state index in [-0.39, 0.29) is 5.91 Å². The van der Waals surface area contributed by atoms with Gasteiger partial charge in [-0.2, -0.15) is 26.3 Å². The van der Waals surface area contributed by atoms with Gasteiger partial charge in [0, 0.05) is 44.4 Å². The minimum Gasteiger partial charge on any atom is -0.475 e. The maximum Gasteiger partial charge on any atom is 0.490 e. The summed E-state index contributed by atoms with van der Waals surface area (Å²) in [7, 11) is 1.94. The van der Waals surface area contributed by atoms with Crippen LogP contribution in [0.25, 0.3) is 0 Å². The molecule has 3 N–H and O–H groups in total. The molecule has 216 valence electrons. The molecule has 2 aromatic rings. The number of hydrogen-bond donors (Lipinski definition) is 3. The summed E-state index contributed by atoms with van der Waals surface area (Å²) in [6.07, 6.45) is 2.12. The number of alkyl halides is 6. The van der Waals surface area contributed by atoms with Crippen LogP contribution in [0.15, 0.2) is 43.0 Å². The first-order valence-electron chi connectivity index (χ1n) is 11.7. The molecule has 2 aliphatic rings. The minimum atomic E-state index is -5.08. The van der Waals surface area contributed by atoms with Crippen molar-refractivity contribution in [3.63, 3.8) is 0 Å². The fourth-order valence-corrected chi connectivity index (χ4v) is 4.31. The lowest BCUT2D eigenvalue weighted by Crippen LogP contribution is -2.59. The maximum atomic E-state index is 12.5. The summed E-state index contributed by atoms with van der Waals surface area (Å²) in [5.74, 6) is -5.44. The van der Waals surface area contributed by atoms with Crippen LogP contribution in [0, 0.1) is 5.41 Å². The Hall–Kier alpha value is -3.62. The first-order valence-corrected chi connectivity index (χ1v) is 11.7. The zero-order chi connectivity index (χ0) is 29.4. The molecule has 1 saturated heterocycles. The predicted octanol–water partition coefficient (Wildman–Crippen LogP) is 3.86. The Bertz CT molecular complexity index is 1090. The van der Waals surface area contributed by atoms with Gasteiger partial charge in [0.2, 0.25) is 0 Å². The van der Waals surface area contributed by atoms with E-state index in [0.717, 1.165) is 31.6 Å². The molecule has 1 atom stereocenters. The van der Waals surface area contributed by atoms with E-state index in [0.29, 0.717) is 11.5 Å². The van der Waals surface area contributed by atoms with Crippen LogP contribution in [0.4, 0.5) is 26.3 Å². The highest BCUT2D eigenvalue weighted by Gasteiger charge is 2.48. The molecular formula is C24H28F6N4O5. The maximum absolute atomic E-state index is 12.5. The second kappa shape index (κ2) is 13.0. The Morgan fingerprint density at radius 2 is 1.59 bits per heavy atom. The molecule has 0 bridgehead atoms. The molecule has 1 spiro atoms. The van der Waals surface area contributed by atoms with Crippen molar-refractivity contribution in [2.75, 3.05) is 13.1 Å². The quantitative estimate of drug-likeness (QED) is 0.480. The first-order chi connectivity index (χ1) is 18.0. The molecule has 2 fully saturated rings. The highest BCUT2D eigenvalue weighted by molar-refractivity contribution is 5.94. The number of carbonyl (C=O) groups is 3. The molecule has 1 aliphatic heterocycles. The van der Waals surface area contributed by atoms with Gasteiger partial charge in [0.15, 0.2) is 0 Å². The van der Waals surface area contributed by atoms with Crippen LogP contribution in [-0.2, 0) is 23.2 Å². The van der Waals surface area contributed by atoms with Gasteiger partial charge in [0.1, 0.15) is 0 Å². The van der Waals surface area contributed by atoms with E-state index < -0.39 is 24.3 Å². The number of piperidine rings is 1. The normalized spacial score (nSPS) is 18.5. The van der Waals surface area contributed by atoms with Gasteiger partial charge in [-0.15, -0.1) is 0 Å². The van der Waals surface area contributed by atoms with Crippen LogP contribution in [-0.4, -0.2) is 74.0 Å². The van der Waals surface area contributed by atoms with Crippen molar-refractivity contribution in [1.82, 2.24) is 19.8 Å². The van der Waals surface area contributed by atoms with E-state index in [1.807, 2.05) is 48.5 Å². The number of rotatable bonds is 4. The number of carboxylic acids is 2. The van der Waals surface area contributed by atoms with Crippen molar-refractivity contribution in [3.8, 4) is 0 Å². The molecule has 2 aromatic heterocycles. The number of aromatic nitrogens is 2. The van der Waals surface area contributed by atoms with Crippen LogP contribution < -0.4 is 5.32 Å². The summed E-state index contributed by atoms with van der Waals surface area (Å²) in [5, 5.41) is 17.5. The topological polar surface area (TPSA) is 125 Å². The summed E-state index contributed by atoms with van der Waals surface area (Å²) in [6, 6.07) is 6.36. The molecule has 1 aliphatic carbocycles. The lowest BCUT2D eigenvalue weighted by atomic mass is 9.59. The fraction of sp³-hybridized carbons (Fsp3) is 0.500. The highest BCUT2D eigenvalue weighted by Crippen LogP contribution is 2.49. The summed E-state index contributed by atoms with van der Waals surface area (Å²) in [4.78, 5) is 37.0. The monoisotopic (exact) mass is 566 g/mol. The van der Waals surface area contributed by atoms with Crippen molar-refractivity contribution < 1.29 is 50.9 Å². The van der Waals surface area contributed by atoms with E-state index >= 15 is 0 Å². The summed E-state index contributed by atoms with van der Waals surface area (Å²) in [5.41, 5.74) is 2.36. The lowest BCUT2D eigenvalue weighted by Gasteiger charge is -2.54. The van der Waals surface area contributed by atoms with E-state index in [2.05, 4.69) is 21.3 Å². The third-order valence-electron chi connectivity index (χ3n) is 6.54. The van der Waals surface area contributed by atoms with Crippen molar-refractivity contribution in [2.24, 2.45) is 12.5 Å². The molecule has 1 amide bonds. The molecule has 39 heavy (non-hydrogen) atoms. The smallest absolute Gasteiger partial charge is 0.475 e. The second-order valence-corrected chi connectivity index (χ2v) is 9.24. The number of carbonyl (C=O) groups excluding carboxylic acids is 1. The molecule has 9 nitrogen and oxygen atoms in total. The molecule has 1 saturated carbocycles. The Kier molecular flexibility index (Phi) is 10.5. The van der Waals surface area contributed by atoms with Gasteiger partial charge in [-0.25, -0.2) is 9.59 Å². The SMILES string of the molecule is Cn1ccc(C(=O)NC2CCC23CCN(Cc2cccnc2)CC3)c1.O=C(O)C(F)(F)F.O=C(O)C(F)(F)F. The lowest BCUT2D eigenvalue weighted by molar-refractivity contribution is -0.193.